The molecule has 1 unspecified atom stereocenters. The Balaban J connectivity index is 1.07. The minimum atomic E-state index is -0.450. The number of hydrogen-bond acceptors (Lipinski definition) is 2. The molecule has 2 nitrogen and oxygen atoms in total. The van der Waals surface area contributed by atoms with Gasteiger partial charge in [0.25, 0.3) is 0 Å². The monoisotopic (exact) mass is 726 g/mol. The van der Waals surface area contributed by atoms with Crippen LogP contribution in [0.15, 0.2) is 231 Å². The quantitative estimate of drug-likeness (QED) is 0.161. The number of benzene rings is 9. The third-order valence-electron chi connectivity index (χ3n) is 11.8. The molecule has 2 aliphatic carbocycles. The summed E-state index contributed by atoms with van der Waals surface area (Å²) in [5, 5.41) is 0. The molecule has 57 heavy (non-hydrogen) atoms. The van der Waals surface area contributed by atoms with Crippen molar-refractivity contribution in [3.63, 3.8) is 0 Å². The Bertz CT molecular complexity index is 2810. The van der Waals surface area contributed by atoms with Gasteiger partial charge in [-0.1, -0.05) is 152 Å². The molecule has 0 radical (unpaired) electrons. The summed E-state index contributed by atoms with van der Waals surface area (Å²) in [5.41, 5.74) is 19.2. The van der Waals surface area contributed by atoms with E-state index in [1.165, 1.54) is 55.6 Å². The van der Waals surface area contributed by atoms with Crippen molar-refractivity contribution in [1.29, 1.82) is 0 Å². The largest absolute Gasteiger partial charge is 0.311 e. The maximum absolute atomic E-state index is 2.47. The Hall–Kier alpha value is -7.42. The normalized spacial score (nSPS) is 14.4. The van der Waals surface area contributed by atoms with E-state index in [2.05, 4.69) is 240 Å². The van der Waals surface area contributed by atoms with E-state index in [4.69, 9.17) is 0 Å². The number of fused-ring (bicyclic) bond motifs is 10. The highest BCUT2D eigenvalue weighted by atomic mass is 15.1. The smallest absolute Gasteiger partial charge is 0.0725 e. The third kappa shape index (κ3) is 5.18. The van der Waals surface area contributed by atoms with Crippen molar-refractivity contribution in [1.82, 2.24) is 0 Å². The second-order valence-electron chi connectivity index (χ2n) is 14.9. The molecule has 0 saturated carbocycles. The van der Waals surface area contributed by atoms with Crippen LogP contribution in [-0.2, 0) is 5.41 Å². The van der Waals surface area contributed by atoms with Gasteiger partial charge in [-0.05, 0) is 134 Å². The van der Waals surface area contributed by atoms with Crippen LogP contribution in [0.5, 0.6) is 0 Å². The maximum atomic E-state index is 2.47. The van der Waals surface area contributed by atoms with E-state index in [0.29, 0.717) is 0 Å². The van der Waals surface area contributed by atoms with E-state index in [9.17, 15) is 0 Å². The van der Waals surface area contributed by atoms with Crippen LogP contribution >= 0.6 is 0 Å². The Morgan fingerprint density at radius 3 is 1.12 bits per heavy atom. The SMILES string of the molecule is c1ccc(N(c2ccccc2)c2ccc(-c3ccc4c(c3)C3(c5ccccc5-c5cc(N(c6ccccc6)c6ccccc6)ccc53)c3ccccc3-4)cc2)cc1. The minimum absolute atomic E-state index is 0.450. The van der Waals surface area contributed by atoms with E-state index in [1.54, 1.807) is 0 Å². The van der Waals surface area contributed by atoms with E-state index in [0.717, 1.165) is 34.1 Å². The average Bonchev–Trinajstić information content (AvgIpc) is 3.75. The van der Waals surface area contributed by atoms with Crippen molar-refractivity contribution in [2.24, 2.45) is 0 Å². The molecule has 0 N–H and O–H groups in total. The zero-order valence-electron chi connectivity index (χ0n) is 31.3. The molecular weight excluding hydrogens is 689 g/mol. The summed E-state index contributed by atoms with van der Waals surface area (Å²) in [6.45, 7) is 0. The van der Waals surface area contributed by atoms with Crippen LogP contribution in [0.3, 0.4) is 0 Å². The summed E-state index contributed by atoms with van der Waals surface area (Å²) in [7, 11) is 0. The van der Waals surface area contributed by atoms with E-state index < -0.39 is 5.41 Å². The lowest BCUT2D eigenvalue weighted by molar-refractivity contribution is 0.794. The highest BCUT2D eigenvalue weighted by Crippen LogP contribution is 2.63. The summed E-state index contributed by atoms with van der Waals surface area (Å²) in [5.74, 6) is 0. The Morgan fingerprint density at radius 2 is 0.596 bits per heavy atom. The van der Waals surface area contributed by atoms with E-state index >= 15 is 0 Å². The molecule has 2 heteroatoms. The predicted octanol–water partition coefficient (Wildman–Crippen LogP) is 14.6. The van der Waals surface area contributed by atoms with Crippen LogP contribution in [0.1, 0.15) is 22.3 Å². The van der Waals surface area contributed by atoms with Gasteiger partial charge in [-0.25, -0.2) is 0 Å². The van der Waals surface area contributed by atoms with Crippen LogP contribution in [0.4, 0.5) is 34.1 Å². The molecule has 11 rings (SSSR count). The zero-order valence-corrected chi connectivity index (χ0v) is 31.3. The second-order valence-corrected chi connectivity index (χ2v) is 14.9. The molecule has 1 spiro atoms. The first-order valence-corrected chi connectivity index (χ1v) is 19.7. The summed E-state index contributed by atoms with van der Waals surface area (Å²) in [6.07, 6.45) is 0. The summed E-state index contributed by atoms with van der Waals surface area (Å²) < 4.78 is 0. The van der Waals surface area contributed by atoms with Gasteiger partial charge >= 0.3 is 0 Å². The molecule has 0 heterocycles. The summed E-state index contributed by atoms with van der Waals surface area (Å²) >= 11 is 0. The number of para-hydroxylation sites is 4. The lowest BCUT2D eigenvalue weighted by atomic mass is 9.70. The highest BCUT2D eigenvalue weighted by Gasteiger charge is 2.51. The third-order valence-corrected chi connectivity index (χ3v) is 11.8. The van der Waals surface area contributed by atoms with Gasteiger partial charge in [-0.3, -0.25) is 0 Å². The van der Waals surface area contributed by atoms with Crippen LogP contribution in [0, 0.1) is 0 Å². The Labute approximate surface area is 334 Å². The molecule has 9 aromatic carbocycles. The highest BCUT2D eigenvalue weighted by molar-refractivity contribution is 5.97. The van der Waals surface area contributed by atoms with Crippen LogP contribution in [-0.4, -0.2) is 0 Å². The molecule has 9 aromatic rings. The molecule has 0 aliphatic heterocycles. The molecule has 0 amide bonds. The molecule has 2 aliphatic rings. The Kier molecular flexibility index (Phi) is 7.75. The van der Waals surface area contributed by atoms with Gasteiger partial charge in [-0.15, -0.1) is 0 Å². The summed E-state index contributed by atoms with van der Waals surface area (Å²) in [6, 6.07) is 84.0. The first-order valence-electron chi connectivity index (χ1n) is 19.7. The van der Waals surface area contributed by atoms with Gasteiger partial charge in [-0.2, -0.15) is 0 Å². The van der Waals surface area contributed by atoms with Crippen molar-refractivity contribution in [3.05, 3.63) is 253 Å². The predicted molar refractivity (Wildman–Crippen MR) is 238 cm³/mol. The molecule has 0 saturated heterocycles. The van der Waals surface area contributed by atoms with Crippen LogP contribution in [0.25, 0.3) is 33.4 Å². The van der Waals surface area contributed by atoms with Gasteiger partial charge < -0.3 is 9.80 Å². The fraction of sp³-hybridized carbons (Fsp3) is 0.0182. The number of rotatable bonds is 7. The van der Waals surface area contributed by atoms with Crippen molar-refractivity contribution < 1.29 is 0 Å². The minimum Gasteiger partial charge on any atom is -0.311 e. The molecule has 1 atom stereocenters. The molecule has 0 bridgehead atoms. The standard InChI is InChI=1S/C55H38N2/c1-5-17-41(18-6-1)56(42-19-7-2-8-20-42)45-32-29-39(30-33-45)40-31-35-49-47-25-13-15-27-51(47)55(54(49)37-40)52-28-16-14-26-48(52)50-38-46(34-36-53(50)55)57(43-21-9-3-10-22-43)44-23-11-4-12-24-44/h1-38H. The molecular formula is C55H38N2. The molecule has 0 aromatic heterocycles. The lowest BCUT2D eigenvalue weighted by Crippen LogP contribution is -2.26. The summed E-state index contributed by atoms with van der Waals surface area (Å²) in [4.78, 5) is 4.68. The topological polar surface area (TPSA) is 6.48 Å². The number of anilines is 6. The zero-order chi connectivity index (χ0) is 37.8. The average molecular weight is 727 g/mol. The Morgan fingerprint density at radius 1 is 0.228 bits per heavy atom. The van der Waals surface area contributed by atoms with Crippen molar-refractivity contribution in [2.45, 2.75) is 5.41 Å². The van der Waals surface area contributed by atoms with Gasteiger partial charge in [0, 0.05) is 34.1 Å². The van der Waals surface area contributed by atoms with Gasteiger partial charge in [0.1, 0.15) is 0 Å². The maximum Gasteiger partial charge on any atom is 0.0725 e. The lowest BCUT2D eigenvalue weighted by Gasteiger charge is -2.31. The second kappa shape index (κ2) is 13.4. The fourth-order valence-corrected chi connectivity index (χ4v) is 9.46. The van der Waals surface area contributed by atoms with Crippen LogP contribution < -0.4 is 9.80 Å². The number of nitrogens with zero attached hydrogens (tertiary/aromatic N) is 2. The van der Waals surface area contributed by atoms with Gasteiger partial charge in [0.15, 0.2) is 0 Å². The first kappa shape index (κ1) is 33.0. The number of hydrogen-bond donors (Lipinski definition) is 0. The molecule has 0 fully saturated rings. The first-order chi connectivity index (χ1) is 28.3. The van der Waals surface area contributed by atoms with Gasteiger partial charge in [0.05, 0.1) is 5.41 Å². The van der Waals surface area contributed by atoms with Crippen molar-refractivity contribution in [3.8, 4) is 33.4 Å². The molecule has 268 valence electrons. The van der Waals surface area contributed by atoms with Crippen molar-refractivity contribution in [2.75, 3.05) is 9.80 Å². The van der Waals surface area contributed by atoms with Crippen LogP contribution in [0.2, 0.25) is 0 Å². The van der Waals surface area contributed by atoms with E-state index in [1.807, 2.05) is 0 Å². The fourth-order valence-electron chi connectivity index (χ4n) is 9.46. The van der Waals surface area contributed by atoms with Gasteiger partial charge in [0.2, 0.25) is 0 Å². The van der Waals surface area contributed by atoms with E-state index in [-0.39, 0.29) is 0 Å². The van der Waals surface area contributed by atoms with Crippen molar-refractivity contribution >= 4 is 34.1 Å².